The van der Waals surface area contributed by atoms with Crippen molar-refractivity contribution < 1.29 is 17.2 Å². The minimum Gasteiger partial charge on any atom is -0.345 e. The van der Waals surface area contributed by atoms with Gasteiger partial charge in [0, 0.05) is 12.1 Å². The number of H-pyrrole nitrogens is 1. The van der Waals surface area contributed by atoms with Gasteiger partial charge < -0.3 is 4.98 Å². The van der Waals surface area contributed by atoms with Crippen LogP contribution in [0.5, 0.6) is 0 Å². The Balaban J connectivity index is 1.42. The van der Waals surface area contributed by atoms with Gasteiger partial charge in [0.2, 0.25) is 10.0 Å². The number of alkyl halides is 2. The topological polar surface area (TPSA) is 96.2 Å². The van der Waals surface area contributed by atoms with Crippen LogP contribution in [0.25, 0.3) is 16.8 Å². The number of fused-ring (bicyclic) bond motifs is 3. The molecule has 0 amide bonds. The van der Waals surface area contributed by atoms with E-state index in [-0.39, 0.29) is 23.5 Å². The zero-order valence-electron chi connectivity index (χ0n) is 15.9. The molecule has 8 nitrogen and oxygen atoms in total. The Labute approximate surface area is 166 Å². The molecule has 4 heterocycles. The van der Waals surface area contributed by atoms with Gasteiger partial charge in [0.25, 0.3) is 5.92 Å². The molecule has 0 bridgehead atoms. The Hall–Kier alpha value is -2.14. The van der Waals surface area contributed by atoms with E-state index < -0.39 is 29.0 Å². The van der Waals surface area contributed by atoms with E-state index in [1.165, 1.54) is 0 Å². The average molecular weight is 424 g/mol. The predicted octanol–water partition coefficient (Wildman–Crippen LogP) is 2.41. The fraction of sp³-hybridized carbons (Fsp3) is 0.611. The zero-order chi connectivity index (χ0) is 20.4. The van der Waals surface area contributed by atoms with Crippen LogP contribution in [0.1, 0.15) is 37.9 Å². The number of nitrogens with zero attached hydrogens (tertiary/aromatic N) is 5. The Morgan fingerprint density at radius 2 is 2.07 bits per heavy atom. The van der Waals surface area contributed by atoms with E-state index in [4.69, 9.17) is 0 Å². The summed E-state index contributed by atoms with van der Waals surface area (Å²) in [7, 11) is -3.67. The van der Waals surface area contributed by atoms with Crippen molar-refractivity contribution in [2.45, 2.75) is 38.0 Å². The fourth-order valence-electron chi connectivity index (χ4n) is 4.85. The summed E-state index contributed by atoms with van der Waals surface area (Å²) in [6.07, 6.45) is 5.75. The van der Waals surface area contributed by atoms with Gasteiger partial charge in [-0.1, -0.05) is 13.3 Å². The van der Waals surface area contributed by atoms with Crippen molar-refractivity contribution in [3.05, 3.63) is 24.3 Å². The molecule has 1 aliphatic heterocycles. The third kappa shape index (κ3) is 3.10. The van der Waals surface area contributed by atoms with Gasteiger partial charge in [-0.3, -0.25) is 4.40 Å². The molecule has 11 heteroatoms. The van der Waals surface area contributed by atoms with Crippen LogP contribution in [-0.2, 0) is 10.0 Å². The van der Waals surface area contributed by atoms with Crippen LogP contribution in [0.3, 0.4) is 0 Å². The average Bonchev–Trinajstić information content (AvgIpc) is 3.35. The number of halogens is 2. The zero-order valence-corrected chi connectivity index (χ0v) is 16.7. The summed E-state index contributed by atoms with van der Waals surface area (Å²) in [5, 5.41) is 8.67. The molecule has 1 saturated heterocycles. The van der Waals surface area contributed by atoms with Gasteiger partial charge in [-0.25, -0.2) is 22.2 Å². The monoisotopic (exact) mass is 424 g/mol. The maximum absolute atomic E-state index is 13.1. The van der Waals surface area contributed by atoms with Crippen LogP contribution in [-0.4, -0.2) is 62.1 Å². The Kier molecular flexibility index (Phi) is 4.18. The Bertz CT molecular complexity index is 1170. The molecule has 2 fully saturated rings. The van der Waals surface area contributed by atoms with E-state index in [0.29, 0.717) is 12.1 Å². The number of hydrogen-bond donors (Lipinski definition) is 1. The van der Waals surface area contributed by atoms with Crippen molar-refractivity contribution in [3.8, 4) is 0 Å². The van der Waals surface area contributed by atoms with E-state index in [2.05, 4.69) is 27.1 Å². The Morgan fingerprint density at radius 3 is 2.79 bits per heavy atom. The standard InChI is InChI=1S/C18H22F2N6O2S/c1-2-12-5-11(8-29(27,28)25-9-18(19,20)10-25)6-13(12)17-24-23-15-7-22-16-14(26(15)17)3-4-21-16/h3-4,7,11-13,21H,2,5-6,8-10H2,1H3/t11-,12+,13-/m0/s1. The number of sulfonamides is 1. The maximum Gasteiger partial charge on any atom is 0.275 e. The highest BCUT2D eigenvalue weighted by Gasteiger charge is 2.50. The lowest BCUT2D eigenvalue weighted by Crippen LogP contribution is -2.59. The molecule has 0 unspecified atom stereocenters. The normalized spacial score (nSPS) is 27.6. The maximum atomic E-state index is 13.1. The summed E-state index contributed by atoms with van der Waals surface area (Å²) >= 11 is 0. The predicted molar refractivity (Wildman–Crippen MR) is 102 cm³/mol. The minimum atomic E-state index is -3.67. The van der Waals surface area contributed by atoms with Gasteiger partial charge in [-0.05, 0) is 30.7 Å². The first-order valence-corrected chi connectivity index (χ1v) is 11.4. The molecule has 3 aromatic rings. The fourth-order valence-corrected chi connectivity index (χ4v) is 6.70. The van der Waals surface area contributed by atoms with Crippen LogP contribution in [0.15, 0.2) is 18.5 Å². The molecule has 5 rings (SSSR count). The lowest BCUT2D eigenvalue weighted by Gasteiger charge is -2.38. The highest BCUT2D eigenvalue weighted by atomic mass is 32.2. The number of nitrogens with one attached hydrogen (secondary N) is 1. The number of hydrogen-bond acceptors (Lipinski definition) is 5. The SMILES string of the molecule is CC[C@@H]1C[C@H](CS(=O)(=O)N2CC(F)(F)C2)C[C@@H]1c1nnc2cnc3[nH]ccc3n12. The molecule has 3 atom stereocenters. The summed E-state index contributed by atoms with van der Waals surface area (Å²) in [6.45, 7) is 0.688. The second-order valence-corrected chi connectivity index (χ2v) is 10.2. The van der Waals surface area contributed by atoms with Crippen molar-refractivity contribution in [1.82, 2.24) is 28.9 Å². The molecule has 29 heavy (non-hydrogen) atoms. The molecular formula is C18H22F2N6O2S. The summed E-state index contributed by atoms with van der Waals surface area (Å²) in [6, 6.07) is 1.92. The molecule has 0 radical (unpaired) electrons. The quantitative estimate of drug-likeness (QED) is 0.679. The first-order chi connectivity index (χ1) is 13.8. The molecule has 1 saturated carbocycles. The number of rotatable bonds is 5. The van der Waals surface area contributed by atoms with Gasteiger partial charge in [0.05, 0.1) is 30.6 Å². The van der Waals surface area contributed by atoms with Crippen LogP contribution in [0, 0.1) is 11.8 Å². The molecule has 0 spiro atoms. The van der Waals surface area contributed by atoms with Gasteiger partial charge >= 0.3 is 0 Å². The van der Waals surface area contributed by atoms with Crippen LogP contribution in [0.2, 0.25) is 0 Å². The number of aromatic amines is 1. The third-order valence-electron chi connectivity index (χ3n) is 6.27. The van der Waals surface area contributed by atoms with Gasteiger partial charge in [-0.15, -0.1) is 10.2 Å². The molecule has 156 valence electrons. The molecule has 1 aliphatic carbocycles. The summed E-state index contributed by atoms with van der Waals surface area (Å²) < 4.78 is 54.2. The van der Waals surface area contributed by atoms with Crippen molar-refractivity contribution in [3.63, 3.8) is 0 Å². The van der Waals surface area contributed by atoms with Crippen LogP contribution in [0.4, 0.5) is 8.78 Å². The Morgan fingerprint density at radius 1 is 1.28 bits per heavy atom. The minimum absolute atomic E-state index is 0.0635. The summed E-state index contributed by atoms with van der Waals surface area (Å²) in [5.41, 5.74) is 2.28. The first-order valence-electron chi connectivity index (χ1n) is 9.80. The molecule has 3 aromatic heterocycles. The summed E-state index contributed by atoms with van der Waals surface area (Å²) in [5.74, 6) is -1.92. The van der Waals surface area contributed by atoms with E-state index >= 15 is 0 Å². The number of aromatic nitrogens is 5. The van der Waals surface area contributed by atoms with Gasteiger partial charge in [0.1, 0.15) is 5.82 Å². The summed E-state index contributed by atoms with van der Waals surface area (Å²) in [4.78, 5) is 7.42. The smallest absolute Gasteiger partial charge is 0.275 e. The lowest BCUT2D eigenvalue weighted by molar-refractivity contribution is -0.0946. The molecule has 2 aliphatic rings. The van der Waals surface area contributed by atoms with E-state index in [0.717, 1.165) is 34.1 Å². The van der Waals surface area contributed by atoms with Crippen molar-refractivity contribution in [1.29, 1.82) is 0 Å². The molecule has 0 aromatic carbocycles. The van der Waals surface area contributed by atoms with E-state index in [1.807, 2.05) is 16.7 Å². The lowest BCUT2D eigenvalue weighted by atomic mass is 9.93. The molecule has 1 N–H and O–H groups in total. The second-order valence-electron chi connectivity index (χ2n) is 8.24. The van der Waals surface area contributed by atoms with E-state index in [1.54, 1.807) is 6.20 Å². The third-order valence-corrected chi connectivity index (χ3v) is 8.21. The van der Waals surface area contributed by atoms with E-state index in [9.17, 15) is 17.2 Å². The molecular weight excluding hydrogens is 402 g/mol. The first kappa shape index (κ1) is 18.9. The highest BCUT2D eigenvalue weighted by Crippen LogP contribution is 2.45. The van der Waals surface area contributed by atoms with Gasteiger partial charge in [0.15, 0.2) is 11.3 Å². The highest BCUT2D eigenvalue weighted by molar-refractivity contribution is 7.89. The second kappa shape index (κ2) is 6.43. The van der Waals surface area contributed by atoms with Crippen LogP contribution >= 0.6 is 0 Å². The van der Waals surface area contributed by atoms with Crippen molar-refractivity contribution in [2.75, 3.05) is 18.8 Å². The van der Waals surface area contributed by atoms with Crippen molar-refractivity contribution in [2.24, 2.45) is 11.8 Å². The van der Waals surface area contributed by atoms with Crippen LogP contribution < -0.4 is 0 Å². The van der Waals surface area contributed by atoms with Crippen molar-refractivity contribution >= 4 is 26.8 Å². The largest absolute Gasteiger partial charge is 0.345 e. The van der Waals surface area contributed by atoms with Gasteiger partial charge in [-0.2, -0.15) is 4.31 Å².